The van der Waals surface area contributed by atoms with E-state index in [1.54, 1.807) is 11.3 Å². The number of nitrogens with zero attached hydrogens (tertiary/aromatic N) is 5. The van der Waals surface area contributed by atoms with Crippen molar-refractivity contribution in [2.75, 3.05) is 26.2 Å². The lowest BCUT2D eigenvalue weighted by Crippen LogP contribution is -2.35. The SMILES string of the molecule is O=C(c1cn2c(n1)sc1ccccc12)N1CCCN(Cc2ccc(Cl)nc2)CC1. The number of imidazole rings is 1. The Balaban J connectivity index is 1.29. The predicted molar refractivity (Wildman–Crippen MR) is 116 cm³/mol. The number of para-hydroxylation sites is 1. The van der Waals surface area contributed by atoms with Crippen LogP contribution < -0.4 is 0 Å². The highest BCUT2D eigenvalue weighted by Gasteiger charge is 2.23. The molecule has 148 valence electrons. The number of amides is 1. The van der Waals surface area contributed by atoms with Gasteiger partial charge in [-0.3, -0.25) is 14.1 Å². The zero-order valence-electron chi connectivity index (χ0n) is 15.8. The van der Waals surface area contributed by atoms with Crippen LogP contribution in [-0.2, 0) is 6.54 Å². The van der Waals surface area contributed by atoms with Crippen molar-refractivity contribution in [3.63, 3.8) is 0 Å². The van der Waals surface area contributed by atoms with E-state index < -0.39 is 0 Å². The van der Waals surface area contributed by atoms with Crippen molar-refractivity contribution in [2.45, 2.75) is 13.0 Å². The van der Waals surface area contributed by atoms with Gasteiger partial charge in [0.15, 0.2) is 4.96 Å². The summed E-state index contributed by atoms with van der Waals surface area (Å²) in [7, 11) is 0. The molecule has 0 aliphatic carbocycles. The minimum absolute atomic E-state index is 0.0139. The highest BCUT2D eigenvalue weighted by atomic mass is 35.5. The van der Waals surface area contributed by atoms with Gasteiger partial charge in [-0.1, -0.05) is 41.1 Å². The summed E-state index contributed by atoms with van der Waals surface area (Å²) in [6.45, 7) is 4.05. The number of hydrogen-bond donors (Lipinski definition) is 0. The van der Waals surface area contributed by atoms with Crippen molar-refractivity contribution in [3.05, 3.63) is 65.2 Å². The highest BCUT2D eigenvalue weighted by Crippen LogP contribution is 2.26. The standard InChI is InChI=1S/C21H20ClN5OS/c22-19-7-6-15(12-23-19)13-25-8-3-9-26(11-10-25)20(28)16-14-27-17-4-1-2-5-18(17)29-21(27)24-16/h1-2,4-7,12,14H,3,8-11,13H2. The summed E-state index contributed by atoms with van der Waals surface area (Å²) in [6.07, 6.45) is 4.63. The van der Waals surface area contributed by atoms with Gasteiger partial charge >= 0.3 is 0 Å². The van der Waals surface area contributed by atoms with Crippen LogP contribution >= 0.6 is 22.9 Å². The maximum absolute atomic E-state index is 13.1. The third-order valence-electron chi connectivity index (χ3n) is 5.29. The van der Waals surface area contributed by atoms with E-state index in [4.69, 9.17) is 11.6 Å². The number of fused-ring (bicyclic) bond motifs is 3. The summed E-state index contributed by atoms with van der Waals surface area (Å²) in [5, 5.41) is 0.508. The number of benzene rings is 1. The van der Waals surface area contributed by atoms with Crippen LogP contribution in [0.3, 0.4) is 0 Å². The van der Waals surface area contributed by atoms with E-state index >= 15 is 0 Å². The Kier molecular flexibility index (Phi) is 4.95. The van der Waals surface area contributed by atoms with Gasteiger partial charge in [-0.25, -0.2) is 9.97 Å². The summed E-state index contributed by atoms with van der Waals surface area (Å²) in [6, 6.07) is 12.0. The molecule has 0 bridgehead atoms. The van der Waals surface area contributed by atoms with Crippen molar-refractivity contribution in [2.24, 2.45) is 0 Å². The molecule has 1 aromatic carbocycles. The summed E-state index contributed by atoms with van der Waals surface area (Å²) in [5.74, 6) is 0.0139. The Hall–Kier alpha value is -2.48. The normalized spacial score (nSPS) is 15.8. The Labute approximate surface area is 177 Å². The first-order chi connectivity index (χ1) is 14.2. The van der Waals surface area contributed by atoms with Crippen LogP contribution in [0.2, 0.25) is 5.15 Å². The molecular weight excluding hydrogens is 406 g/mol. The van der Waals surface area contributed by atoms with Crippen LogP contribution in [0, 0.1) is 0 Å². The minimum Gasteiger partial charge on any atom is -0.336 e. The number of rotatable bonds is 3. The molecule has 5 rings (SSSR count). The number of carbonyl (C=O) groups is 1. The van der Waals surface area contributed by atoms with Crippen molar-refractivity contribution < 1.29 is 4.79 Å². The van der Waals surface area contributed by atoms with Gasteiger partial charge in [-0.2, -0.15) is 0 Å². The first kappa shape index (κ1) is 18.5. The molecular formula is C21H20ClN5OS. The van der Waals surface area contributed by atoms with E-state index in [2.05, 4.69) is 27.0 Å². The molecule has 29 heavy (non-hydrogen) atoms. The molecule has 8 heteroatoms. The van der Waals surface area contributed by atoms with E-state index in [0.717, 1.165) is 48.6 Å². The number of pyridine rings is 1. The lowest BCUT2D eigenvalue weighted by molar-refractivity contribution is 0.0756. The monoisotopic (exact) mass is 425 g/mol. The molecule has 0 radical (unpaired) electrons. The number of hydrogen-bond acceptors (Lipinski definition) is 5. The van der Waals surface area contributed by atoms with Crippen LogP contribution in [0.5, 0.6) is 0 Å². The first-order valence-electron chi connectivity index (χ1n) is 9.66. The highest BCUT2D eigenvalue weighted by molar-refractivity contribution is 7.23. The lowest BCUT2D eigenvalue weighted by atomic mass is 10.2. The molecule has 0 spiro atoms. The van der Waals surface area contributed by atoms with E-state index in [1.165, 1.54) is 4.70 Å². The molecule has 6 nitrogen and oxygen atoms in total. The van der Waals surface area contributed by atoms with Gasteiger partial charge in [-0.05, 0) is 30.2 Å². The molecule has 0 saturated carbocycles. The van der Waals surface area contributed by atoms with E-state index in [0.29, 0.717) is 17.4 Å². The van der Waals surface area contributed by atoms with Crippen LogP contribution in [0.1, 0.15) is 22.5 Å². The fourth-order valence-electron chi connectivity index (χ4n) is 3.80. The smallest absolute Gasteiger partial charge is 0.274 e. The second-order valence-corrected chi connectivity index (χ2v) is 8.66. The molecule has 4 aromatic rings. The largest absolute Gasteiger partial charge is 0.336 e. The fourth-order valence-corrected chi connectivity index (χ4v) is 4.92. The zero-order valence-corrected chi connectivity index (χ0v) is 17.4. The quantitative estimate of drug-likeness (QED) is 0.466. The van der Waals surface area contributed by atoms with E-state index in [9.17, 15) is 4.79 Å². The molecule has 4 heterocycles. The van der Waals surface area contributed by atoms with Crippen LogP contribution in [0.25, 0.3) is 15.2 Å². The summed E-state index contributed by atoms with van der Waals surface area (Å²) < 4.78 is 3.20. The molecule has 1 aliphatic heterocycles. The Bertz CT molecular complexity index is 1170. The van der Waals surface area contributed by atoms with E-state index in [-0.39, 0.29) is 5.91 Å². The summed E-state index contributed by atoms with van der Waals surface area (Å²) in [5.41, 5.74) is 2.76. The van der Waals surface area contributed by atoms with Gasteiger partial charge < -0.3 is 4.90 Å². The number of thiazole rings is 1. The lowest BCUT2D eigenvalue weighted by Gasteiger charge is -2.21. The topological polar surface area (TPSA) is 53.7 Å². The minimum atomic E-state index is 0.0139. The van der Waals surface area contributed by atoms with Gasteiger partial charge in [0.2, 0.25) is 0 Å². The molecule has 1 fully saturated rings. The van der Waals surface area contributed by atoms with E-state index in [1.807, 2.05) is 46.0 Å². The van der Waals surface area contributed by atoms with Crippen LogP contribution in [-0.4, -0.2) is 56.3 Å². The Morgan fingerprint density at radius 3 is 2.86 bits per heavy atom. The first-order valence-corrected chi connectivity index (χ1v) is 10.9. The second kappa shape index (κ2) is 7.74. The third kappa shape index (κ3) is 3.73. The molecule has 1 aliphatic rings. The van der Waals surface area contributed by atoms with Crippen molar-refractivity contribution in [1.82, 2.24) is 24.2 Å². The van der Waals surface area contributed by atoms with Crippen molar-refractivity contribution in [1.29, 1.82) is 0 Å². The van der Waals surface area contributed by atoms with Gasteiger partial charge in [0.25, 0.3) is 5.91 Å². The fraction of sp³-hybridized carbons (Fsp3) is 0.286. The molecule has 0 atom stereocenters. The Morgan fingerprint density at radius 2 is 2.00 bits per heavy atom. The van der Waals surface area contributed by atoms with Crippen molar-refractivity contribution >= 4 is 44.0 Å². The van der Waals surface area contributed by atoms with Crippen molar-refractivity contribution in [3.8, 4) is 0 Å². The molecule has 1 amide bonds. The molecule has 3 aromatic heterocycles. The Morgan fingerprint density at radius 1 is 1.10 bits per heavy atom. The molecule has 1 saturated heterocycles. The number of carbonyl (C=O) groups excluding carboxylic acids is 1. The third-order valence-corrected chi connectivity index (χ3v) is 6.55. The molecule has 0 unspecified atom stereocenters. The van der Waals surface area contributed by atoms with Gasteiger partial charge in [-0.15, -0.1) is 0 Å². The van der Waals surface area contributed by atoms with Gasteiger partial charge in [0.1, 0.15) is 10.8 Å². The second-order valence-electron chi connectivity index (χ2n) is 7.26. The maximum atomic E-state index is 13.1. The van der Waals surface area contributed by atoms with Crippen LogP contribution in [0.4, 0.5) is 0 Å². The predicted octanol–water partition coefficient (Wildman–Crippen LogP) is 3.95. The number of halogens is 1. The molecule has 0 N–H and O–H groups in total. The maximum Gasteiger partial charge on any atom is 0.274 e. The van der Waals surface area contributed by atoms with Crippen LogP contribution in [0.15, 0.2) is 48.8 Å². The summed E-state index contributed by atoms with van der Waals surface area (Å²) >= 11 is 7.48. The average molecular weight is 426 g/mol. The zero-order chi connectivity index (χ0) is 19.8. The number of aromatic nitrogens is 3. The van der Waals surface area contributed by atoms with Gasteiger partial charge in [0.05, 0.1) is 10.2 Å². The summed E-state index contributed by atoms with van der Waals surface area (Å²) in [4.78, 5) is 27.0. The van der Waals surface area contributed by atoms with Gasteiger partial charge in [0, 0.05) is 45.1 Å². The average Bonchev–Trinajstić information content (AvgIpc) is 3.20.